The zero-order valence-corrected chi connectivity index (χ0v) is 15.1. The molecule has 1 atom stereocenters. The lowest BCUT2D eigenvalue weighted by molar-refractivity contribution is -0.144. The highest BCUT2D eigenvalue weighted by molar-refractivity contribution is 5.82. The number of ether oxygens (including phenoxy) is 1. The van der Waals surface area contributed by atoms with E-state index in [9.17, 15) is 9.59 Å². The van der Waals surface area contributed by atoms with Crippen LogP contribution in [-0.4, -0.2) is 65.6 Å². The summed E-state index contributed by atoms with van der Waals surface area (Å²) < 4.78 is 7.33. The van der Waals surface area contributed by atoms with E-state index >= 15 is 0 Å². The Balaban J connectivity index is 1.55. The van der Waals surface area contributed by atoms with E-state index in [1.54, 1.807) is 0 Å². The van der Waals surface area contributed by atoms with Gasteiger partial charge in [0.15, 0.2) is 0 Å². The molecule has 1 aromatic rings. The number of morpholine rings is 1. The van der Waals surface area contributed by atoms with Crippen LogP contribution in [0.5, 0.6) is 0 Å². The molecule has 3 heterocycles. The number of rotatable bonds is 5. The molecule has 6 heteroatoms. The van der Waals surface area contributed by atoms with Crippen LogP contribution in [0, 0.1) is 5.92 Å². The number of likely N-dealkylation sites (tertiary alicyclic amines) is 1. The maximum absolute atomic E-state index is 13.0. The minimum absolute atomic E-state index is 0.0540. The van der Waals surface area contributed by atoms with Crippen molar-refractivity contribution in [1.82, 2.24) is 14.4 Å². The van der Waals surface area contributed by atoms with Crippen LogP contribution in [0.3, 0.4) is 0 Å². The molecular formula is C19H29N3O3. The van der Waals surface area contributed by atoms with Gasteiger partial charge in [0.1, 0.15) is 6.04 Å². The van der Waals surface area contributed by atoms with E-state index in [4.69, 9.17) is 4.74 Å². The molecule has 2 aliphatic rings. The van der Waals surface area contributed by atoms with Crippen molar-refractivity contribution in [2.45, 2.75) is 38.6 Å². The van der Waals surface area contributed by atoms with Crippen molar-refractivity contribution in [2.75, 3.05) is 39.4 Å². The quantitative estimate of drug-likeness (QED) is 0.818. The lowest BCUT2D eigenvalue weighted by Crippen LogP contribution is -2.48. The molecular weight excluding hydrogens is 318 g/mol. The van der Waals surface area contributed by atoms with Crippen molar-refractivity contribution in [3.63, 3.8) is 0 Å². The van der Waals surface area contributed by atoms with Crippen molar-refractivity contribution >= 4 is 11.8 Å². The van der Waals surface area contributed by atoms with Crippen LogP contribution in [-0.2, 0) is 14.3 Å². The fourth-order valence-corrected chi connectivity index (χ4v) is 3.83. The minimum atomic E-state index is -0.119. The fourth-order valence-electron chi connectivity index (χ4n) is 3.83. The summed E-state index contributed by atoms with van der Waals surface area (Å²) in [5.74, 6) is 0.486. The normalized spacial score (nSPS) is 20.5. The van der Waals surface area contributed by atoms with Crippen LogP contribution in [0.15, 0.2) is 24.5 Å². The van der Waals surface area contributed by atoms with E-state index < -0.39 is 0 Å². The molecule has 6 nitrogen and oxygen atoms in total. The van der Waals surface area contributed by atoms with E-state index in [0.717, 1.165) is 25.7 Å². The SMILES string of the molecule is CCCC(C(=O)N1CCC(C(=O)N2CCOCC2)CC1)n1cccc1. The number of carbonyl (C=O) groups excluding carboxylic acids is 2. The standard InChI is InChI=1S/C19H29N3O3/c1-2-5-17(20-8-3-4-9-20)19(24)21-10-6-16(7-11-21)18(23)22-12-14-25-15-13-22/h3-4,8-9,16-17H,2,5-7,10-15H2,1H3. The molecule has 0 aliphatic carbocycles. The summed E-state index contributed by atoms with van der Waals surface area (Å²) in [6.07, 6.45) is 7.29. The third kappa shape index (κ3) is 4.24. The summed E-state index contributed by atoms with van der Waals surface area (Å²) >= 11 is 0. The molecule has 2 aliphatic heterocycles. The van der Waals surface area contributed by atoms with Crippen LogP contribution in [0.4, 0.5) is 0 Å². The van der Waals surface area contributed by atoms with Gasteiger partial charge in [-0.05, 0) is 31.4 Å². The molecule has 2 fully saturated rings. The summed E-state index contributed by atoms with van der Waals surface area (Å²) in [6, 6.07) is 3.80. The van der Waals surface area contributed by atoms with Crippen LogP contribution in [0.1, 0.15) is 38.6 Å². The number of hydrogen-bond acceptors (Lipinski definition) is 3. The largest absolute Gasteiger partial charge is 0.378 e. The van der Waals surface area contributed by atoms with Gasteiger partial charge in [0.25, 0.3) is 0 Å². The molecule has 0 N–H and O–H groups in total. The minimum Gasteiger partial charge on any atom is -0.378 e. The van der Waals surface area contributed by atoms with Gasteiger partial charge in [-0.3, -0.25) is 9.59 Å². The molecule has 138 valence electrons. The highest BCUT2D eigenvalue weighted by Crippen LogP contribution is 2.24. The van der Waals surface area contributed by atoms with Crippen molar-refractivity contribution in [1.29, 1.82) is 0 Å². The Hall–Kier alpha value is -1.82. The number of amides is 2. The number of aromatic nitrogens is 1. The molecule has 25 heavy (non-hydrogen) atoms. The summed E-state index contributed by atoms with van der Waals surface area (Å²) in [5, 5.41) is 0. The first-order chi connectivity index (χ1) is 12.2. The number of piperidine rings is 1. The Labute approximate surface area is 149 Å². The average Bonchev–Trinajstić information content (AvgIpc) is 3.20. The Bertz CT molecular complexity index is 558. The second-order valence-corrected chi connectivity index (χ2v) is 6.97. The zero-order chi connectivity index (χ0) is 17.6. The summed E-state index contributed by atoms with van der Waals surface area (Å²) in [6.45, 7) is 6.14. The predicted octanol–water partition coefficient (Wildman–Crippen LogP) is 1.93. The second-order valence-electron chi connectivity index (χ2n) is 6.97. The predicted molar refractivity (Wildman–Crippen MR) is 95.1 cm³/mol. The molecule has 3 rings (SSSR count). The van der Waals surface area contributed by atoms with Gasteiger partial charge in [0.05, 0.1) is 13.2 Å². The van der Waals surface area contributed by atoms with Crippen LogP contribution in [0.25, 0.3) is 0 Å². The van der Waals surface area contributed by atoms with Crippen LogP contribution < -0.4 is 0 Å². The first-order valence-electron chi connectivity index (χ1n) is 9.48. The number of nitrogens with zero attached hydrogens (tertiary/aromatic N) is 3. The lowest BCUT2D eigenvalue weighted by Gasteiger charge is -2.37. The molecule has 0 radical (unpaired) electrons. The highest BCUT2D eigenvalue weighted by Gasteiger charge is 2.33. The van der Waals surface area contributed by atoms with Crippen LogP contribution >= 0.6 is 0 Å². The van der Waals surface area contributed by atoms with Gasteiger partial charge >= 0.3 is 0 Å². The average molecular weight is 347 g/mol. The molecule has 0 saturated carbocycles. The van der Waals surface area contributed by atoms with E-state index in [1.165, 1.54) is 0 Å². The van der Waals surface area contributed by atoms with Gasteiger partial charge in [0, 0.05) is 44.5 Å². The smallest absolute Gasteiger partial charge is 0.245 e. The fraction of sp³-hybridized carbons (Fsp3) is 0.684. The molecule has 2 amide bonds. The van der Waals surface area contributed by atoms with Crippen molar-refractivity contribution in [3.8, 4) is 0 Å². The van der Waals surface area contributed by atoms with E-state index in [-0.39, 0.29) is 23.8 Å². The molecule has 1 unspecified atom stereocenters. The molecule has 0 spiro atoms. The summed E-state index contributed by atoms with van der Waals surface area (Å²) in [4.78, 5) is 29.4. The highest BCUT2D eigenvalue weighted by atomic mass is 16.5. The maximum atomic E-state index is 13.0. The van der Waals surface area contributed by atoms with E-state index in [0.29, 0.717) is 39.4 Å². The number of hydrogen-bond donors (Lipinski definition) is 0. The van der Waals surface area contributed by atoms with Gasteiger partial charge in [-0.15, -0.1) is 0 Å². The topological polar surface area (TPSA) is 54.8 Å². The first-order valence-corrected chi connectivity index (χ1v) is 9.48. The van der Waals surface area contributed by atoms with Gasteiger partial charge in [-0.25, -0.2) is 0 Å². The van der Waals surface area contributed by atoms with E-state index in [2.05, 4.69) is 6.92 Å². The second kappa shape index (κ2) is 8.52. The summed E-state index contributed by atoms with van der Waals surface area (Å²) in [7, 11) is 0. The maximum Gasteiger partial charge on any atom is 0.245 e. The van der Waals surface area contributed by atoms with Crippen molar-refractivity contribution in [2.24, 2.45) is 5.92 Å². The first kappa shape index (κ1) is 18.0. The molecule has 1 aromatic heterocycles. The third-order valence-corrected chi connectivity index (χ3v) is 5.31. The lowest BCUT2D eigenvalue weighted by atomic mass is 9.94. The third-order valence-electron chi connectivity index (χ3n) is 5.31. The Morgan fingerprint density at radius 2 is 1.68 bits per heavy atom. The Kier molecular flexibility index (Phi) is 6.13. The number of carbonyl (C=O) groups is 2. The zero-order valence-electron chi connectivity index (χ0n) is 15.1. The monoisotopic (exact) mass is 347 g/mol. The molecule has 2 saturated heterocycles. The molecule has 0 bridgehead atoms. The van der Waals surface area contributed by atoms with Crippen LogP contribution in [0.2, 0.25) is 0 Å². The van der Waals surface area contributed by atoms with Gasteiger partial charge in [-0.2, -0.15) is 0 Å². The Morgan fingerprint density at radius 1 is 1.04 bits per heavy atom. The van der Waals surface area contributed by atoms with E-state index in [1.807, 2.05) is 38.9 Å². The van der Waals surface area contributed by atoms with Crippen molar-refractivity contribution in [3.05, 3.63) is 24.5 Å². The van der Waals surface area contributed by atoms with Gasteiger partial charge < -0.3 is 19.1 Å². The van der Waals surface area contributed by atoms with Gasteiger partial charge in [-0.1, -0.05) is 13.3 Å². The molecule has 0 aromatic carbocycles. The van der Waals surface area contributed by atoms with Crippen molar-refractivity contribution < 1.29 is 14.3 Å². The Morgan fingerprint density at radius 3 is 2.28 bits per heavy atom. The summed E-state index contributed by atoms with van der Waals surface area (Å²) in [5.41, 5.74) is 0. The van der Waals surface area contributed by atoms with Gasteiger partial charge in [0.2, 0.25) is 11.8 Å².